The lowest BCUT2D eigenvalue weighted by Gasteiger charge is -2.05. The van der Waals surface area contributed by atoms with Crippen molar-refractivity contribution < 1.29 is 4.21 Å². The molecule has 2 heterocycles. The molecule has 0 saturated heterocycles. The van der Waals surface area contributed by atoms with E-state index in [1.165, 1.54) is 0 Å². The molecule has 0 aliphatic carbocycles. The van der Waals surface area contributed by atoms with E-state index in [0.717, 1.165) is 33.6 Å². The molecule has 1 atom stereocenters. The molecule has 1 unspecified atom stereocenters. The molecule has 8 heteroatoms. The van der Waals surface area contributed by atoms with Crippen LogP contribution < -0.4 is 0 Å². The van der Waals surface area contributed by atoms with Crippen molar-refractivity contribution in [3.05, 3.63) is 94.6 Å². The molecule has 31 heavy (non-hydrogen) atoms. The van der Waals surface area contributed by atoms with Crippen molar-refractivity contribution in [2.75, 3.05) is 12.3 Å². The molecule has 2 aromatic heterocycles. The molecule has 0 aliphatic rings. The number of nitrogens with zero attached hydrogens (tertiary/aromatic N) is 4. The first-order valence-corrected chi connectivity index (χ1v) is 11.2. The minimum atomic E-state index is -1.21. The number of halogens is 1. The number of aromatic amines is 1. The number of azide groups is 1. The fraction of sp³-hybridized carbons (Fsp3) is 0.0870. The molecule has 0 saturated carbocycles. The minimum absolute atomic E-state index is 0.208. The average molecular weight is 448 g/mol. The van der Waals surface area contributed by atoms with Crippen LogP contribution in [0.5, 0.6) is 0 Å². The van der Waals surface area contributed by atoms with Gasteiger partial charge in [0.05, 0.1) is 16.5 Å². The monoisotopic (exact) mass is 447 g/mol. The van der Waals surface area contributed by atoms with Crippen LogP contribution in [0.25, 0.3) is 44.1 Å². The third-order valence-corrected chi connectivity index (χ3v) is 6.38. The van der Waals surface area contributed by atoms with Gasteiger partial charge in [-0.15, -0.1) is 0 Å². The van der Waals surface area contributed by atoms with E-state index in [4.69, 9.17) is 17.1 Å². The highest BCUT2D eigenvalue weighted by atomic mass is 35.5. The number of benzene rings is 2. The van der Waals surface area contributed by atoms with E-state index in [0.29, 0.717) is 15.7 Å². The second-order valence-electron chi connectivity index (χ2n) is 6.75. The maximum absolute atomic E-state index is 12.3. The van der Waals surface area contributed by atoms with Crippen molar-refractivity contribution in [1.29, 1.82) is 0 Å². The van der Waals surface area contributed by atoms with Gasteiger partial charge in [-0.05, 0) is 59.1 Å². The molecule has 0 aliphatic heterocycles. The standard InChI is InChI=1S/C23H18ClN5OS/c24-19-3-1-2-18(14-19)23-21(16-8-10-26-11-9-16)15-22(28-23)17-4-6-20(7-5-17)31(30)13-12-27-29-25/h1-11,14-15,28H,12-13H2. The SMILES string of the molecule is [N-]=[N+]=NCCS(=O)c1ccc(-c2cc(-c3ccncc3)c(-c3cccc(Cl)c3)[nH]2)cc1. The van der Waals surface area contributed by atoms with Crippen LogP contribution in [0, 0.1) is 0 Å². The Kier molecular flexibility index (Phi) is 6.48. The Hall–Kier alpha value is -3.38. The van der Waals surface area contributed by atoms with Crippen molar-refractivity contribution in [2.24, 2.45) is 5.11 Å². The number of hydrogen-bond donors (Lipinski definition) is 1. The Morgan fingerprint density at radius 2 is 1.77 bits per heavy atom. The summed E-state index contributed by atoms with van der Waals surface area (Å²) in [5.74, 6) is 0.303. The summed E-state index contributed by atoms with van der Waals surface area (Å²) in [6, 6.07) is 21.3. The quantitative estimate of drug-likeness (QED) is 0.199. The van der Waals surface area contributed by atoms with Crippen molar-refractivity contribution in [2.45, 2.75) is 4.90 Å². The predicted octanol–water partition coefficient (Wildman–Crippen LogP) is 6.48. The van der Waals surface area contributed by atoms with Gasteiger partial charge in [0.1, 0.15) is 0 Å². The molecule has 0 spiro atoms. The maximum atomic E-state index is 12.3. The van der Waals surface area contributed by atoms with E-state index in [2.05, 4.69) is 26.1 Å². The first kappa shape index (κ1) is 20.9. The van der Waals surface area contributed by atoms with Gasteiger partial charge in [-0.1, -0.05) is 41.0 Å². The Morgan fingerprint density at radius 1 is 1.00 bits per heavy atom. The van der Waals surface area contributed by atoms with Crippen LogP contribution in [0.1, 0.15) is 0 Å². The highest BCUT2D eigenvalue weighted by Gasteiger charge is 2.14. The lowest BCUT2D eigenvalue weighted by Crippen LogP contribution is -2.00. The molecular weight excluding hydrogens is 430 g/mol. The van der Waals surface area contributed by atoms with Gasteiger partial charge in [0.15, 0.2) is 0 Å². The molecule has 2 aromatic carbocycles. The van der Waals surface area contributed by atoms with Gasteiger partial charge < -0.3 is 4.98 Å². The summed E-state index contributed by atoms with van der Waals surface area (Å²) in [5, 5.41) is 4.12. The summed E-state index contributed by atoms with van der Waals surface area (Å²) in [5.41, 5.74) is 14.3. The Labute approximate surface area is 187 Å². The van der Waals surface area contributed by atoms with Gasteiger partial charge in [-0.2, -0.15) is 0 Å². The van der Waals surface area contributed by atoms with E-state index >= 15 is 0 Å². The largest absolute Gasteiger partial charge is 0.354 e. The number of pyridine rings is 1. The number of aromatic nitrogens is 2. The molecule has 0 bridgehead atoms. The molecule has 6 nitrogen and oxygen atoms in total. The van der Waals surface area contributed by atoms with Crippen LogP contribution in [0.2, 0.25) is 5.02 Å². The van der Waals surface area contributed by atoms with Crippen molar-refractivity contribution in [3.8, 4) is 33.6 Å². The van der Waals surface area contributed by atoms with Crippen LogP contribution in [0.4, 0.5) is 0 Å². The maximum Gasteiger partial charge on any atom is 0.0538 e. The third-order valence-electron chi connectivity index (χ3n) is 4.79. The first-order chi connectivity index (χ1) is 15.2. The minimum Gasteiger partial charge on any atom is -0.354 e. The van der Waals surface area contributed by atoms with Crippen LogP contribution in [0.3, 0.4) is 0 Å². The molecular formula is C23H18ClN5OS. The number of rotatable bonds is 7. The van der Waals surface area contributed by atoms with E-state index in [1.807, 2.05) is 60.7 Å². The van der Waals surface area contributed by atoms with E-state index < -0.39 is 10.8 Å². The van der Waals surface area contributed by atoms with Gasteiger partial charge in [0, 0.05) is 56.3 Å². The molecule has 0 amide bonds. The molecule has 1 N–H and O–H groups in total. The molecule has 4 rings (SSSR count). The lowest BCUT2D eigenvalue weighted by atomic mass is 10.0. The summed E-state index contributed by atoms with van der Waals surface area (Å²) in [6.45, 7) is 0.208. The molecule has 4 aromatic rings. The average Bonchev–Trinajstić information content (AvgIpc) is 3.25. The van der Waals surface area contributed by atoms with Crippen LogP contribution in [-0.2, 0) is 10.8 Å². The van der Waals surface area contributed by atoms with Crippen molar-refractivity contribution in [1.82, 2.24) is 9.97 Å². The zero-order valence-corrected chi connectivity index (χ0v) is 18.0. The van der Waals surface area contributed by atoms with Gasteiger partial charge in [-0.3, -0.25) is 9.19 Å². The lowest BCUT2D eigenvalue weighted by molar-refractivity contribution is 0.682. The fourth-order valence-corrected chi connectivity index (χ4v) is 4.43. The third kappa shape index (κ3) is 4.86. The second kappa shape index (κ2) is 9.62. The summed E-state index contributed by atoms with van der Waals surface area (Å²) in [6.07, 6.45) is 3.54. The van der Waals surface area contributed by atoms with E-state index in [-0.39, 0.29) is 6.54 Å². The van der Waals surface area contributed by atoms with Crippen molar-refractivity contribution in [3.63, 3.8) is 0 Å². The summed E-state index contributed by atoms with van der Waals surface area (Å²) in [4.78, 5) is 11.0. The predicted molar refractivity (Wildman–Crippen MR) is 125 cm³/mol. The zero-order chi connectivity index (χ0) is 21.6. The normalized spacial score (nSPS) is 11.6. The Balaban J connectivity index is 1.71. The van der Waals surface area contributed by atoms with Gasteiger partial charge in [0.2, 0.25) is 0 Å². The summed E-state index contributed by atoms with van der Waals surface area (Å²) >= 11 is 6.23. The fourth-order valence-electron chi connectivity index (χ4n) is 3.31. The summed E-state index contributed by atoms with van der Waals surface area (Å²) in [7, 11) is -1.21. The Bertz CT molecular complexity index is 1260. The summed E-state index contributed by atoms with van der Waals surface area (Å²) < 4.78 is 12.3. The number of nitrogens with one attached hydrogen (secondary N) is 1. The van der Waals surface area contributed by atoms with Crippen LogP contribution >= 0.6 is 11.6 Å². The van der Waals surface area contributed by atoms with Crippen LogP contribution in [-0.4, -0.2) is 26.5 Å². The van der Waals surface area contributed by atoms with Gasteiger partial charge in [0.25, 0.3) is 0 Å². The number of H-pyrrole nitrogens is 1. The van der Waals surface area contributed by atoms with E-state index in [1.54, 1.807) is 12.4 Å². The highest BCUT2D eigenvalue weighted by Crippen LogP contribution is 2.36. The highest BCUT2D eigenvalue weighted by molar-refractivity contribution is 7.85. The second-order valence-corrected chi connectivity index (χ2v) is 8.75. The molecule has 154 valence electrons. The topological polar surface area (TPSA) is 94.5 Å². The molecule has 0 radical (unpaired) electrons. The molecule has 0 fully saturated rings. The zero-order valence-electron chi connectivity index (χ0n) is 16.4. The van der Waals surface area contributed by atoms with Crippen LogP contribution in [0.15, 0.2) is 89.1 Å². The first-order valence-electron chi connectivity index (χ1n) is 9.55. The Morgan fingerprint density at radius 3 is 2.48 bits per heavy atom. The smallest absolute Gasteiger partial charge is 0.0538 e. The van der Waals surface area contributed by atoms with Gasteiger partial charge in [-0.25, -0.2) is 0 Å². The van der Waals surface area contributed by atoms with Gasteiger partial charge >= 0.3 is 0 Å². The number of hydrogen-bond acceptors (Lipinski definition) is 3. The van der Waals surface area contributed by atoms with E-state index in [9.17, 15) is 4.21 Å². The van der Waals surface area contributed by atoms with Crippen molar-refractivity contribution >= 4 is 22.4 Å².